The molecule has 1 amide bonds. The highest BCUT2D eigenvalue weighted by Gasteiger charge is 2.32. The zero-order valence-corrected chi connectivity index (χ0v) is 7.90. The van der Waals surface area contributed by atoms with Crippen molar-refractivity contribution >= 4 is 6.09 Å². The predicted molar refractivity (Wildman–Crippen MR) is 46.6 cm³/mol. The van der Waals surface area contributed by atoms with E-state index in [0.717, 1.165) is 4.90 Å². The highest BCUT2D eigenvalue weighted by molar-refractivity contribution is 5.65. The number of carbonyl (C=O) groups is 1. The standard InChI is InChI=1S/C8H15FN2O2/c1-10(2)7-3-4-11(8(12)13)5-6(7)9/h6-7H,3-5H2,1-2H3,(H,12,13)/t6-,7?/m0/s1. The number of likely N-dealkylation sites (tertiary alicyclic amines) is 1. The number of rotatable bonds is 1. The van der Waals surface area contributed by atoms with Gasteiger partial charge in [-0.05, 0) is 20.5 Å². The predicted octanol–water partition coefficient (Wildman–Crippen LogP) is 0.638. The highest BCUT2D eigenvalue weighted by atomic mass is 19.1. The molecule has 0 aromatic heterocycles. The molecule has 0 spiro atoms. The van der Waals surface area contributed by atoms with Crippen LogP contribution in [-0.2, 0) is 0 Å². The van der Waals surface area contributed by atoms with Crippen molar-refractivity contribution in [1.29, 1.82) is 0 Å². The summed E-state index contributed by atoms with van der Waals surface area (Å²) in [5.41, 5.74) is 0. The van der Waals surface area contributed by atoms with Gasteiger partial charge in [-0.3, -0.25) is 0 Å². The molecule has 0 radical (unpaired) electrons. The lowest BCUT2D eigenvalue weighted by Gasteiger charge is -2.36. The Kier molecular flexibility index (Phi) is 3.08. The van der Waals surface area contributed by atoms with Crippen LogP contribution in [0.1, 0.15) is 6.42 Å². The van der Waals surface area contributed by atoms with Crippen molar-refractivity contribution < 1.29 is 14.3 Å². The number of halogens is 1. The van der Waals surface area contributed by atoms with Crippen LogP contribution >= 0.6 is 0 Å². The van der Waals surface area contributed by atoms with Crippen LogP contribution in [0.3, 0.4) is 0 Å². The molecular formula is C8H15FN2O2. The van der Waals surface area contributed by atoms with Gasteiger partial charge in [-0.15, -0.1) is 0 Å². The molecule has 1 heterocycles. The molecule has 4 nitrogen and oxygen atoms in total. The van der Waals surface area contributed by atoms with E-state index in [0.29, 0.717) is 13.0 Å². The second-order valence-electron chi connectivity index (χ2n) is 3.56. The molecule has 0 saturated carbocycles. The molecule has 0 bridgehead atoms. The van der Waals surface area contributed by atoms with Gasteiger partial charge in [-0.2, -0.15) is 0 Å². The van der Waals surface area contributed by atoms with E-state index >= 15 is 0 Å². The van der Waals surface area contributed by atoms with Crippen molar-refractivity contribution in [2.24, 2.45) is 0 Å². The smallest absolute Gasteiger partial charge is 0.407 e. The van der Waals surface area contributed by atoms with Crippen molar-refractivity contribution in [3.8, 4) is 0 Å². The van der Waals surface area contributed by atoms with Gasteiger partial charge in [0.1, 0.15) is 6.17 Å². The van der Waals surface area contributed by atoms with Gasteiger partial charge in [-0.25, -0.2) is 9.18 Å². The average Bonchev–Trinajstić information content (AvgIpc) is 2.03. The normalized spacial score (nSPS) is 29.4. The minimum atomic E-state index is -1.07. The fraction of sp³-hybridized carbons (Fsp3) is 0.875. The molecule has 13 heavy (non-hydrogen) atoms. The van der Waals surface area contributed by atoms with E-state index in [1.165, 1.54) is 0 Å². The summed E-state index contributed by atoms with van der Waals surface area (Å²) >= 11 is 0. The summed E-state index contributed by atoms with van der Waals surface area (Å²) in [7, 11) is 3.63. The third-order valence-electron chi connectivity index (χ3n) is 2.44. The lowest BCUT2D eigenvalue weighted by molar-refractivity contribution is 0.0562. The maximum atomic E-state index is 13.4. The molecule has 1 unspecified atom stereocenters. The summed E-state index contributed by atoms with van der Waals surface area (Å²) in [5.74, 6) is 0. The van der Waals surface area contributed by atoms with Crippen molar-refractivity contribution in [2.45, 2.75) is 18.6 Å². The van der Waals surface area contributed by atoms with E-state index in [9.17, 15) is 9.18 Å². The lowest BCUT2D eigenvalue weighted by Crippen LogP contribution is -2.51. The zero-order chi connectivity index (χ0) is 10.0. The number of piperidine rings is 1. The minimum Gasteiger partial charge on any atom is -0.465 e. The van der Waals surface area contributed by atoms with Gasteiger partial charge in [0.05, 0.1) is 6.54 Å². The van der Waals surface area contributed by atoms with Gasteiger partial charge in [0.2, 0.25) is 0 Å². The average molecular weight is 190 g/mol. The van der Waals surface area contributed by atoms with Crippen molar-refractivity contribution in [3.05, 3.63) is 0 Å². The van der Waals surface area contributed by atoms with Crippen LogP contribution in [0.4, 0.5) is 9.18 Å². The number of nitrogens with zero attached hydrogens (tertiary/aromatic N) is 2. The first-order valence-corrected chi connectivity index (χ1v) is 4.30. The second-order valence-corrected chi connectivity index (χ2v) is 3.56. The van der Waals surface area contributed by atoms with Gasteiger partial charge >= 0.3 is 6.09 Å². The number of carboxylic acid groups (broad SMARTS) is 1. The van der Waals surface area contributed by atoms with Gasteiger partial charge in [0, 0.05) is 12.6 Å². The van der Waals surface area contributed by atoms with E-state index in [1.54, 1.807) is 0 Å². The maximum absolute atomic E-state index is 13.4. The molecular weight excluding hydrogens is 175 g/mol. The topological polar surface area (TPSA) is 43.8 Å². The number of alkyl halides is 1. The van der Waals surface area contributed by atoms with Crippen LogP contribution in [0.15, 0.2) is 0 Å². The summed E-state index contributed by atoms with van der Waals surface area (Å²) < 4.78 is 13.4. The van der Waals surface area contributed by atoms with Crippen LogP contribution in [0, 0.1) is 0 Å². The van der Waals surface area contributed by atoms with Crippen LogP contribution in [0.2, 0.25) is 0 Å². The molecule has 1 saturated heterocycles. The summed E-state index contributed by atoms with van der Waals surface area (Å²) in [6.45, 7) is 0.427. The molecule has 1 aliphatic heterocycles. The molecule has 0 aromatic rings. The summed E-state index contributed by atoms with van der Waals surface area (Å²) in [4.78, 5) is 13.5. The van der Waals surface area contributed by atoms with Crippen LogP contribution in [0.25, 0.3) is 0 Å². The zero-order valence-electron chi connectivity index (χ0n) is 7.90. The Balaban J connectivity index is 2.51. The Morgan fingerprint density at radius 3 is 2.62 bits per heavy atom. The molecule has 0 aromatic carbocycles. The molecule has 1 aliphatic rings. The summed E-state index contributed by atoms with van der Waals surface area (Å²) in [6, 6.07) is -0.143. The molecule has 76 valence electrons. The largest absolute Gasteiger partial charge is 0.465 e. The summed E-state index contributed by atoms with van der Waals surface area (Å²) in [6.07, 6.45) is -1.53. The monoisotopic (exact) mass is 190 g/mol. The first-order chi connectivity index (χ1) is 6.02. The molecule has 1 rings (SSSR count). The van der Waals surface area contributed by atoms with Gasteiger partial charge in [0.15, 0.2) is 0 Å². The summed E-state index contributed by atoms with van der Waals surface area (Å²) in [5, 5.41) is 8.63. The number of hydrogen-bond acceptors (Lipinski definition) is 2. The third kappa shape index (κ3) is 2.30. The van der Waals surface area contributed by atoms with Crippen LogP contribution in [0.5, 0.6) is 0 Å². The number of amides is 1. The van der Waals surface area contributed by atoms with Crippen molar-refractivity contribution in [3.63, 3.8) is 0 Å². The Morgan fingerprint density at radius 2 is 2.23 bits per heavy atom. The second kappa shape index (κ2) is 3.91. The Labute approximate surface area is 76.9 Å². The molecule has 2 atom stereocenters. The first-order valence-electron chi connectivity index (χ1n) is 4.30. The molecule has 0 aliphatic carbocycles. The maximum Gasteiger partial charge on any atom is 0.407 e. The lowest BCUT2D eigenvalue weighted by atomic mass is 10.0. The highest BCUT2D eigenvalue weighted by Crippen LogP contribution is 2.17. The van der Waals surface area contributed by atoms with Crippen LogP contribution < -0.4 is 0 Å². The Bertz CT molecular complexity index is 199. The fourth-order valence-electron chi connectivity index (χ4n) is 1.65. The van der Waals surface area contributed by atoms with E-state index < -0.39 is 12.3 Å². The first kappa shape index (κ1) is 10.2. The van der Waals surface area contributed by atoms with Gasteiger partial charge in [-0.1, -0.05) is 0 Å². The van der Waals surface area contributed by atoms with Crippen LogP contribution in [-0.4, -0.2) is 60.4 Å². The molecule has 1 fully saturated rings. The van der Waals surface area contributed by atoms with Crippen molar-refractivity contribution in [2.75, 3.05) is 27.2 Å². The molecule has 1 N–H and O–H groups in total. The van der Waals surface area contributed by atoms with E-state index in [-0.39, 0.29) is 12.6 Å². The quantitative estimate of drug-likeness (QED) is 0.659. The fourth-order valence-corrected chi connectivity index (χ4v) is 1.65. The SMILES string of the molecule is CN(C)C1CCN(C(=O)O)C[C@@H]1F. The Morgan fingerprint density at radius 1 is 1.62 bits per heavy atom. The van der Waals surface area contributed by atoms with Gasteiger partial charge < -0.3 is 14.9 Å². The van der Waals surface area contributed by atoms with Crippen molar-refractivity contribution in [1.82, 2.24) is 9.80 Å². The third-order valence-corrected chi connectivity index (χ3v) is 2.44. The van der Waals surface area contributed by atoms with E-state index in [4.69, 9.17) is 5.11 Å². The minimum absolute atomic E-state index is 0.00181. The van der Waals surface area contributed by atoms with Gasteiger partial charge in [0.25, 0.3) is 0 Å². The molecule has 5 heteroatoms. The number of hydrogen-bond donors (Lipinski definition) is 1. The Hall–Kier alpha value is -0.840. The van der Waals surface area contributed by atoms with E-state index in [2.05, 4.69) is 0 Å². The van der Waals surface area contributed by atoms with E-state index in [1.807, 2.05) is 19.0 Å².